The summed E-state index contributed by atoms with van der Waals surface area (Å²) < 4.78 is 5.16. The molecule has 0 radical (unpaired) electrons. The topological polar surface area (TPSA) is 67.6 Å². The third kappa shape index (κ3) is 7.18. The van der Waals surface area contributed by atoms with Crippen LogP contribution in [0.25, 0.3) is 0 Å². The number of hydrogen-bond acceptors (Lipinski definition) is 4. The first-order valence-electron chi connectivity index (χ1n) is 6.06. The number of carbonyl (C=O) groups excluding carboxylic acids is 1. The van der Waals surface area contributed by atoms with Gasteiger partial charge in [0.05, 0.1) is 0 Å². The van der Waals surface area contributed by atoms with Crippen LogP contribution >= 0.6 is 0 Å². The number of likely N-dealkylation sites (N-methyl/N-ethyl adjacent to an activating group) is 1. The van der Waals surface area contributed by atoms with E-state index in [0.29, 0.717) is 19.1 Å². The molecule has 0 heterocycles. The average Bonchev–Trinajstić information content (AvgIpc) is 2.15. The van der Waals surface area contributed by atoms with Gasteiger partial charge in [0.1, 0.15) is 5.60 Å². The molecule has 0 fully saturated rings. The molecule has 5 nitrogen and oxygen atoms in total. The van der Waals surface area contributed by atoms with Crippen molar-refractivity contribution >= 4 is 6.09 Å². The maximum atomic E-state index is 11.5. The number of carbonyl (C=O) groups is 1. The second-order valence-electron chi connectivity index (χ2n) is 5.53. The summed E-state index contributed by atoms with van der Waals surface area (Å²) in [6.45, 7) is 10.7. The van der Waals surface area contributed by atoms with Gasteiger partial charge in [-0.15, -0.1) is 0 Å². The Morgan fingerprint density at radius 2 is 1.94 bits per heavy atom. The molecule has 1 amide bonds. The number of nitrogens with one attached hydrogen (secondary N) is 1. The van der Waals surface area contributed by atoms with Gasteiger partial charge in [0, 0.05) is 25.2 Å². The molecule has 5 heteroatoms. The number of ether oxygens (including phenoxy) is 1. The summed E-state index contributed by atoms with van der Waals surface area (Å²) >= 11 is 0. The Bertz CT molecular complexity index is 236. The van der Waals surface area contributed by atoms with E-state index in [1.807, 2.05) is 27.8 Å². The predicted octanol–water partition coefficient (Wildman–Crippen LogP) is 1.18. The summed E-state index contributed by atoms with van der Waals surface area (Å²) in [5.74, 6) is 0. The molecule has 0 saturated heterocycles. The van der Waals surface area contributed by atoms with Crippen LogP contribution in [0.3, 0.4) is 0 Å². The summed E-state index contributed by atoms with van der Waals surface area (Å²) in [6.07, 6.45) is -0.395. The quantitative estimate of drug-likeness (QED) is 0.763. The minimum atomic E-state index is -0.466. The summed E-state index contributed by atoms with van der Waals surface area (Å²) in [7, 11) is 2.00. The van der Waals surface area contributed by atoms with Crippen LogP contribution in [-0.4, -0.2) is 48.8 Å². The molecule has 0 aromatic rings. The standard InChI is InChI=1S/C12H27N3O2/c1-9(2)15(6)10(7-13)8-14-11(16)17-12(3,4)5/h9-10H,7-8,13H2,1-6H3,(H,14,16). The lowest BCUT2D eigenvalue weighted by atomic mass is 10.2. The fraction of sp³-hybridized carbons (Fsp3) is 0.917. The highest BCUT2D eigenvalue weighted by molar-refractivity contribution is 5.67. The average molecular weight is 245 g/mol. The smallest absolute Gasteiger partial charge is 0.407 e. The highest BCUT2D eigenvalue weighted by Crippen LogP contribution is 2.06. The molecule has 0 bridgehead atoms. The monoisotopic (exact) mass is 245 g/mol. The van der Waals surface area contributed by atoms with Crippen molar-refractivity contribution in [3.05, 3.63) is 0 Å². The zero-order valence-electron chi connectivity index (χ0n) is 11.9. The Balaban J connectivity index is 4.11. The molecular formula is C12H27N3O2. The predicted molar refractivity (Wildman–Crippen MR) is 70.0 cm³/mol. The summed E-state index contributed by atoms with van der Waals surface area (Å²) in [5.41, 5.74) is 5.23. The van der Waals surface area contributed by atoms with Gasteiger partial charge < -0.3 is 15.8 Å². The molecule has 3 N–H and O–H groups in total. The molecule has 0 rings (SSSR count). The van der Waals surface area contributed by atoms with Gasteiger partial charge in [0.15, 0.2) is 0 Å². The highest BCUT2D eigenvalue weighted by Gasteiger charge is 2.19. The molecular weight excluding hydrogens is 218 g/mol. The summed E-state index contributed by atoms with van der Waals surface area (Å²) in [5, 5.41) is 2.74. The lowest BCUT2D eigenvalue weighted by Gasteiger charge is -2.30. The molecule has 17 heavy (non-hydrogen) atoms. The zero-order valence-corrected chi connectivity index (χ0v) is 11.9. The van der Waals surface area contributed by atoms with E-state index in [0.717, 1.165) is 0 Å². The Labute approximate surface area is 105 Å². The minimum absolute atomic E-state index is 0.127. The first-order chi connectivity index (χ1) is 7.67. The van der Waals surface area contributed by atoms with Crippen molar-refractivity contribution < 1.29 is 9.53 Å². The number of alkyl carbamates (subject to hydrolysis) is 1. The van der Waals surface area contributed by atoms with Gasteiger partial charge in [-0.2, -0.15) is 0 Å². The second kappa shape index (κ2) is 6.81. The maximum Gasteiger partial charge on any atom is 0.407 e. The molecule has 0 aromatic heterocycles. The van der Waals surface area contributed by atoms with Crippen LogP contribution in [0.2, 0.25) is 0 Å². The van der Waals surface area contributed by atoms with Crippen LogP contribution < -0.4 is 11.1 Å². The van der Waals surface area contributed by atoms with Gasteiger partial charge in [-0.05, 0) is 41.7 Å². The maximum absolute atomic E-state index is 11.5. The van der Waals surface area contributed by atoms with Crippen LogP contribution in [-0.2, 0) is 4.74 Å². The van der Waals surface area contributed by atoms with Gasteiger partial charge >= 0.3 is 6.09 Å². The van der Waals surface area contributed by atoms with E-state index < -0.39 is 11.7 Å². The van der Waals surface area contributed by atoms with Gasteiger partial charge in [0.25, 0.3) is 0 Å². The molecule has 0 aliphatic carbocycles. The lowest BCUT2D eigenvalue weighted by molar-refractivity contribution is 0.0507. The van der Waals surface area contributed by atoms with Gasteiger partial charge in [-0.25, -0.2) is 4.79 Å². The van der Waals surface area contributed by atoms with E-state index in [4.69, 9.17) is 10.5 Å². The van der Waals surface area contributed by atoms with Gasteiger partial charge in [0.2, 0.25) is 0 Å². The van der Waals surface area contributed by atoms with E-state index in [-0.39, 0.29) is 6.04 Å². The zero-order chi connectivity index (χ0) is 13.6. The molecule has 0 aromatic carbocycles. The Hall–Kier alpha value is -0.810. The lowest BCUT2D eigenvalue weighted by Crippen LogP contribution is -2.49. The van der Waals surface area contributed by atoms with E-state index in [2.05, 4.69) is 24.1 Å². The fourth-order valence-corrected chi connectivity index (χ4v) is 1.33. The fourth-order valence-electron chi connectivity index (χ4n) is 1.33. The Morgan fingerprint density at radius 3 is 2.29 bits per heavy atom. The van der Waals surface area contributed by atoms with Crippen LogP contribution in [0.5, 0.6) is 0 Å². The van der Waals surface area contributed by atoms with E-state index in [9.17, 15) is 4.79 Å². The van der Waals surface area contributed by atoms with Crippen LogP contribution in [0, 0.1) is 0 Å². The first-order valence-corrected chi connectivity index (χ1v) is 6.06. The Morgan fingerprint density at radius 1 is 1.41 bits per heavy atom. The molecule has 0 spiro atoms. The number of nitrogens with two attached hydrogens (primary N) is 1. The molecule has 0 aliphatic heterocycles. The largest absolute Gasteiger partial charge is 0.444 e. The van der Waals surface area contributed by atoms with Gasteiger partial charge in [-0.3, -0.25) is 4.90 Å². The molecule has 0 saturated carbocycles. The number of amides is 1. The van der Waals surface area contributed by atoms with Crippen molar-refractivity contribution in [2.45, 2.75) is 52.3 Å². The number of hydrogen-bond donors (Lipinski definition) is 2. The third-order valence-corrected chi connectivity index (χ3v) is 2.54. The Kier molecular flexibility index (Phi) is 6.49. The van der Waals surface area contributed by atoms with Crippen molar-refractivity contribution in [2.24, 2.45) is 5.73 Å². The van der Waals surface area contributed by atoms with Crippen molar-refractivity contribution in [3.8, 4) is 0 Å². The SMILES string of the molecule is CC(C)N(C)C(CN)CNC(=O)OC(C)(C)C. The normalized spacial score (nSPS) is 13.9. The second-order valence-corrected chi connectivity index (χ2v) is 5.53. The molecule has 1 atom stereocenters. The summed E-state index contributed by atoms with van der Waals surface area (Å²) in [4.78, 5) is 13.6. The van der Waals surface area contributed by atoms with Crippen molar-refractivity contribution in [3.63, 3.8) is 0 Å². The third-order valence-electron chi connectivity index (χ3n) is 2.54. The number of rotatable bonds is 5. The van der Waals surface area contributed by atoms with Crippen molar-refractivity contribution in [1.82, 2.24) is 10.2 Å². The highest BCUT2D eigenvalue weighted by atomic mass is 16.6. The van der Waals surface area contributed by atoms with Crippen molar-refractivity contribution in [1.29, 1.82) is 0 Å². The minimum Gasteiger partial charge on any atom is -0.444 e. The van der Waals surface area contributed by atoms with Crippen LogP contribution in [0.4, 0.5) is 4.79 Å². The van der Waals surface area contributed by atoms with Crippen LogP contribution in [0.15, 0.2) is 0 Å². The number of nitrogens with zero attached hydrogens (tertiary/aromatic N) is 1. The molecule has 102 valence electrons. The molecule has 0 aliphatic rings. The van der Waals surface area contributed by atoms with Gasteiger partial charge in [-0.1, -0.05) is 0 Å². The molecule has 1 unspecified atom stereocenters. The van der Waals surface area contributed by atoms with E-state index in [1.54, 1.807) is 0 Å². The van der Waals surface area contributed by atoms with Crippen LogP contribution in [0.1, 0.15) is 34.6 Å². The first kappa shape index (κ1) is 16.2. The van der Waals surface area contributed by atoms with Crippen molar-refractivity contribution in [2.75, 3.05) is 20.1 Å². The van der Waals surface area contributed by atoms with E-state index in [1.165, 1.54) is 0 Å². The van der Waals surface area contributed by atoms with E-state index >= 15 is 0 Å². The summed E-state index contributed by atoms with van der Waals surface area (Å²) in [6, 6.07) is 0.520.